The molecule has 1 saturated carbocycles. The summed E-state index contributed by atoms with van der Waals surface area (Å²) in [5.41, 5.74) is 1.17. The Bertz CT molecular complexity index is 479. The lowest BCUT2D eigenvalue weighted by atomic mass is 9.82. The van der Waals surface area contributed by atoms with E-state index in [1.807, 2.05) is 24.1 Å². The second-order valence-corrected chi connectivity index (χ2v) is 6.40. The molecule has 5 heteroatoms. The van der Waals surface area contributed by atoms with Gasteiger partial charge in [-0.15, -0.1) is 0 Å². The highest BCUT2D eigenvalue weighted by Crippen LogP contribution is 2.35. The quantitative estimate of drug-likeness (QED) is 0.684. The van der Waals surface area contributed by atoms with Crippen LogP contribution < -0.4 is 5.32 Å². The minimum Gasteiger partial charge on any atom is -0.357 e. The van der Waals surface area contributed by atoms with Gasteiger partial charge in [-0.05, 0) is 31.6 Å². The van der Waals surface area contributed by atoms with Crippen LogP contribution in [0, 0.1) is 11.8 Å². The van der Waals surface area contributed by atoms with E-state index in [4.69, 9.17) is 4.99 Å². The largest absolute Gasteiger partial charge is 0.357 e. The van der Waals surface area contributed by atoms with Crippen LogP contribution in [0.1, 0.15) is 38.2 Å². The van der Waals surface area contributed by atoms with Gasteiger partial charge in [0.2, 0.25) is 0 Å². The van der Waals surface area contributed by atoms with Gasteiger partial charge in [-0.1, -0.05) is 12.8 Å². The highest BCUT2D eigenvalue weighted by atomic mass is 15.3. The van der Waals surface area contributed by atoms with Gasteiger partial charge >= 0.3 is 0 Å². The molecule has 0 spiro atoms. The molecule has 0 aromatic carbocycles. The summed E-state index contributed by atoms with van der Waals surface area (Å²) in [4.78, 5) is 7.29. The Morgan fingerprint density at radius 2 is 2.05 bits per heavy atom. The fourth-order valence-electron chi connectivity index (χ4n) is 3.72. The fraction of sp³-hybridized carbons (Fsp3) is 0.750. The number of nitrogens with zero attached hydrogens (tertiary/aromatic N) is 4. The Kier molecular flexibility index (Phi) is 4.46. The summed E-state index contributed by atoms with van der Waals surface area (Å²) < 4.78 is 1.84. The third-order valence-corrected chi connectivity index (χ3v) is 4.78. The minimum absolute atomic E-state index is 0.710. The Morgan fingerprint density at radius 1 is 1.33 bits per heavy atom. The van der Waals surface area contributed by atoms with E-state index < -0.39 is 0 Å². The molecule has 0 amide bonds. The molecule has 21 heavy (non-hydrogen) atoms. The van der Waals surface area contributed by atoms with Crippen molar-refractivity contribution in [1.82, 2.24) is 20.0 Å². The van der Waals surface area contributed by atoms with Crippen LogP contribution in [0.15, 0.2) is 17.4 Å². The number of rotatable bonds is 3. The number of guanidine groups is 1. The first kappa shape index (κ1) is 14.4. The molecule has 5 nitrogen and oxygen atoms in total. The molecule has 1 aliphatic heterocycles. The van der Waals surface area contributed by atoms with Gasteiger partial charge in [0.15, 0.2) is 5.96 Å². The molecule has 116 valence electrons. The molecule has 1 aromatic rings. The van der Waals surface area contributed by atoms with E-state index in [0.717, 1.165) is 24.3 Å². The zero-order valence-electron chi connectivity index (χ0n) is 13.3. The normalized spacial score (nSPS) is 26.0. The summed E-state index contributed by atoms with van der Waals surface area (Å²) in [5.74, 6) is 2.86. The smallest absolute Gasteiger partial charge is 0.194 e. The van der Waals surface area contributed by atoms with Gasteiger partial charge in [-0.3, -0.25) is 4.68 Å². The first-order chi connectivity index (χ1) is 10.3. The van der Waals surface area contributed by atoms with Gasteiger partial charge in [0.1, 0.15) is 0 Å². The van der Waals surface area contributed by atoms with Crippen molar-refractivity contribution in [2.45, 2.75) is 39.2 Å². The molecule has 1 aliphatic carbocycles. The third-order valence-electron chi connectivity index (χ3n) is 4.78. The summed E-state index contributed by atoms with van der Waals surface area (Å²) >= 11 is 0. The van der Waals surface area contributed by atoms with Crippen LogP contribution in [0.3, 0.4) is 0 Å². The third kappa shape index (κ3) is 3.39. The highest BCUT2D eigenvalue weighted by Gasteiger charge is 2.35. The molecule has 0 bridgehead atoms. The van der Waals surface area contributed by atoms with E-state index in [2.05, 4.69) is 22.2 Å². The molecular weight excluding hydrogens is 262 g/mol. The van der Waals surface area contributed by atoms with Gasteiger partial charge in [0.05, 0.1) is 12.7 Å². The first-order valence-electron chi connectivity index (χ1n) is 8.27. The van der Waals surface area contributed by atoms with Gasteiger partial charge in [0.25, 0.3) is 0 Å². The van der Waals surface area contributed by atoms with Crippen LogP contribution in [0.5, 0.6) is 0 Å². The highest BCUT2D eigenvalue weighted by molar-refractivity contribution is 5.80. The number of likely N-dealkylation sites (tertiary alicyclic amines) is 1. The number of hydrogen-bond acceptors (Lipinski definition) is 2. The Morgan fingerprint density at radius 3 is 2.62 bits per heavy atom. The molecule has 2 unspecified atom stereocenters. The number of aryl methyl sites for hydroxylation is 1. The standard InChI is InChI=1S/C16H27N5/c1-3-17-16(18-8-13-9-19-20(2)10-13)21-11-14-6-4-5-7-15(14)12-21/h9-10,14-15H,3-8,11-12H2,1-2H3,(H,17,18). The number of aliphatic imine (C=N–C) groups is 1. The van der Waals surface area contributed by atoms with Gasteiger partial charge < -0.3 is 10.2 Å². The van der Waals surface area contributed by atoms with E-state index in [9.17, 15) is 0 Å². The summed E-state index contributed by atoms with van der Waals surface area (Å²) in [6.45, 7) is 6.15. The van der Waals surface area contributed by atoms with Crippen LogP contribution in [-0.2, 0) is 13.6 Å². The van der Waals surface area contributed by atoms with Crippen molar-refractivity contribution in [3.8, 4) is 0 Å². The van der Waals surface area contributed by atoms with Crippen molar-refractivity contribution in [1.29, 1.82) is 0 Å². The van der Waals surface area contributed by atoms with Crippen molar-refractivity contribution < 1.29 is 0 Å². The molecule has 0 radical (unpaired) electrons. The average molecular weight is 289 g/mol. The zero-order valence-corrected chi connectivity index (χ0v) is 13.3. The van der Waals surface area contributed by atoms with Gasteiger partial charge in [-0.2, -0.15) is 5.10 Å². The summed E-state index contributed by atoms with van der Waals surface area (Å²) in [6.07, 6.45) is 9.58. The predicted octanol–water partition coefficient (Wildman–Crippen LogP) is 2.01. The fourth-order valence-corrected chi connectivity index (χ4v) is 3.72. The minimum atomic E-state index is 0.710. The van der Waals surface area contributed by atoms with Crippen molar-refractivity contribution >= 4 is 5.96 Å². The molecule has 2 aliphatic rings. The van der Waals surface area contributed by atoms with Crippen LogP contribution in [0.2, 0.25) is 0 Å². The lowest BCUT2D eigenvalue weighted by Crippen LogP contribution is -2.40. The van der Waals surface area contributed by atoms with E-state index in [0.29, 0.717) is 6.54 Å². The molecule has 1 saturated heterocycles. The SMILES string of the molecule is CCNC(=NCc1cnn(C)c1)N1CC2CCCCC2C1. The Labute approximate surface area is 127 Å². The number of hydrogen-bond donors (Lipinski definition) is 1. The van der Waals surface area contributed by atoms with Gasteiger partial charge in [-0.25, -0.2) is 4.99 Å². The molecule has 1 N–H and O–H groups in total. The van der Waals surface area contributed by atoms with Crippen molar-refractivity contribution in [3.63, 3.8) is 0 Å². The molecule has 2 heterocycles. The molecule has 1 aromatic heterocycles. The van der Waals surface area contributed by atoms with Crippen LogP contribution in [0.4, 0.5) is 0 Å². The lowest BCUT2D eigenvalue weighted by molar-refractivity contribution is 0.299. The maximum atomic E-state index is 4.82. The molecule has 2 atom stereocenters. The Hall–Kier alpha value is -1.52. The van der Waals surface area contributed by atoms with Crippen molar-refractivity contribution in [2.75, 3.05) is 19.6 Å². The average Bonchev–Trinajstić information content (AvgIpc) is 3.09. The van der Waals surface area contributed by atoms with Crippen molar-refractivity contribution in [2.24, 2.45) is 23.9 Å². The maximum Gasteiger partial charge on any atom is 0.194 e. The summed E-state index contributed by atoms with van der Waals surface area (Å²) in [6, 6.07) is 0. The second kappa shape index (κ2) is 6.50. The van der Waals surface area contributed by atoms with E-state index in [1.54, 1.807) is 0 Å². The molecule has 2 fully saturated rings. The Balaban J connectivity index is 1.66. The molecule has 3 rings (SSSR count). The summed E-state index contributed by atoms with van der Waals surface area (Å²) in [5, 5.41) is 7.67. The lowest BCUT2D eigenvalue weighted by Gasteiger charge is -2.22. The monoisotopic (exact) mass is 289 g/mol. The van der Waals surface area contributed by atoms with Gasteiger partial charge in [0, 0.05) is 38.4 Å². The first-order valence-corrected chi connectivity index (χ1v) is 8.27. The second-order valence-electron chi connectivity index (χ2n) is 6.40. The van der Waals surface area contributed by atoms with E-state index >= 15 is 0 Å². The topological polar surface area (TPSA) is 45.5 Å². The van der Waals surface area contributed by atoms with Crippen LogP contribution in [0.25, 0.3) is 0 Å². The summed E-state index contributed by atoms with van der Waals surface area (Å²) in [7, 11) is 1.95. The number of fused-ring (bicyclic) bond motifs is 1. The van der Waals surface area contributed by atoms with E-state index in [1.165, 1.54) is 44.3 Å². The van der Waals surface area contributed by atoms with Crippen molar-refractivity contribution in [3.05, 3.63) is 18.0 Å². The van der Waals surface area contributed by atoms with Crippen LogP contribution >= 0.6 is 0 Å². The zero-order chi connectivity index (χ0) is 14.7. The van der Waals surface area contributed by atoms with E-state index in [-0.39, 0.29) is 0 Å². The number of aromatic nitrogens is 2. The maximum absolute atomic E-state index is 4.82. The van der Waals surface area contributed by atoms with Crippen LogP contribution in [-0.4, -0.2) is 40.3 Å². The molecular formula is C16H27N5. The predicted molar refractivity (Wildman–Crippen MR) is 85.0 cm³/mol. The number of nitrogens with one attached hydrogen (secondary N) is 1.